The van der Waals surface area contributed by atoms with E-state index in [1.165, 1.54) is 17.0 Å². The summed E-state index contributed by atoms with van der Waals surface area (Å²) in [6.45, 7) is -2.77. The molecule has 27 heavy (non-hydrogen) atoms. The van der Waals surface area contributed by atoms with Gasteiger partial charge in [-0.15, -0.1) is 0 Å². The zero-order chi connectivity index (χ0) is 19.2. The number of halogens is 3. The molecular weight excluding hydrogens is 418 g/mol. The lowest BCUT2D eigenvalue weighted by atomic mass is 10.1. The number of H-pyrrole nitrogens is 1. The average molecular weight is 437 g/mol. The van der Waals surface area contributed by atoms with Gasteiger partial charge in [-0.25, -0.2) is 0 Å². The lowest BCUT2D eigenvalue weighted by molar-refractivity contribution is -0.121. The summed E-state index contributed by atoms with van der Waals surface area (Å²) in [6, 6.07) is 12.8. The summed E-state index contributed by atoms with van der Waals surface area (Å²) in [5.74, 6) is -0.0647. The highest BCUT2D eigenvalue weighted by Gasteiger charge is 2.11. The van der Waals surface area contributed by atoms with Crippen LogP contribution in [-0.2, 0) is 17.8 Å². The van der Waals surface area contributed by atoms with Crippen LogP contribution in [0.3, 0.4) is 0 Å². The SMILES string of the molecule is O=C(CCCc1c[nH]c2ccccc12)NCc1cc(Br)ccc1OC(F)F. The van der Waals surface area contributed by atoms with Gasteiger partial charge in [-0.1, -0.05) is 34.1 Å². The van der Waals surface area contributed by atoms with Gasteiger partial charge in [-0.3, -0.25) is 4.79 Å². The van der Waals surface area contributed by atoms with Crippen molar-refractivity contribution in [2.45, 2.75) is 32.4 Å². The van der Waals surface area contributed by atoms with Gasteiger partial charge in [0.15, 0.2) is 0 Å². The fourth-order valence-electron chi connectivity index (χ4n) is 2.96. The van der Waals surface area contributed by atoms with E-state index in [1.807, 2.05) is 24.4 Å². The number of aromatic nitrogens is 1. The standard InChI is InChI=1S/C20H19BrF2N2O2/c21-15-8-9-18(27-20(22)23)14(10-15)12-25-19(26)7-3-4-13-11-24-17-6-2-1-5-16(13)17/h1-2,5-6,8-11,20,24H,3-4,7,12H2,(H,25,26). The lowest BCUT2D eigenvalue weighted by Crippen LogP contribution is -2.23. The minimum atomic E-state index is -2.91. The second-order valence-electron chi connectivity index (χ2n) is 6.12. The Morgan fingerprint density at radius 3 is 2.81 bits per heavy atom. The molecule has 0 aliphatic carbocycles. The van der Waals surface area contributed by atoms with Gasteiger partial charge in [-0.05, 0) is 42.7 Å². The minimum Gasteiger partial charge on any atom is -0.434 e. The van der Waals surface area contributed by atoms with Crippen molar-refractivity contribution >= 4 is 32.7 Å². The number of hydrogen-bond acceptors (Lipinski definition) is 2. The normalized spacial score (nSPS) is 11.1. The number of ether oxygens (including phenoxy) is 1. The van der Waals surface area contributed by atoms with Gasteiger partial charge in [0.1, 0.15) is 5.75 Å². The first-order valence-electron chi connectivity index (χ1n) is 8.58. The van der Waals surface area contributed by atoms with Crippen LogP contribution in [0, 0.1) is 0 Å². The summed E-state index contributed by atoms with van der Waals surface area (Å²) in [5.41, 5.74) is 2.76. The molecule has 3 aromatic rings. The molecule has 0 fully saturated rings. The molecule has 2 aromatic carbocycles. The van der Waals surface area contributed by atoms with Crippen molar-refractivity contribution in [1.29, 1.82) is 0 Å². The first-order chi connectivity index (χ1) is 13.0. The van der Waals surface area contributed by atoms with Gasteiger partial charge < -0.3 is 15.0 Å². The molecule has 0 saturated carbocycles. The van der Waals surface area contributed by atoms with Crippen molar-refractivity contribution in [2.75, 3.05) is 0 Å². The van der Waals surface area contributed by atoms with Crippen molar-refractivity contribution in [2.24, 2.45) is 0 Å². The number of benzene rings is 2. The quantitative estimate of drug-likeness (QED) is 0.511. The van der Waals surface area contributed by atoms with Crippen molar-refractivity contribution in [3.05, 3.63) is 64.3 Å². The molecule has 1 aromatic heterocycles. The van der Waals surface area contributed by atoms with E-state index >= 15 is 0 Å². The van der Waals surface area contributed by atoms with Crippen LogP contribution in [0.2, 0.25) is 0 Å². The number of rotatable bonds is 8. The Bertz CT molecular complexity index is 927. The van der Waals surface area contributed by atoms with E-state index in [9.17, 15) is 13.6 Å². The van der Waals surface area contributed by atoms with Gasteiger partial charge in [0, 0.05) is 40.1 Å². The van der Waals surface area contributed by atoms with Crippen LogP contribution in [-0.4, -0.2) is 17.5 Å². The van der Waals surface area contributed by atoms with Crippen LogP contribution in [0.5, 0.6) is 5.75 Å². The van der Waals surface area contributed by atoms with E-state index < -0.39 is 6.61 Å². The Kier molecular flexibility index (Phi) is 6.45. The Hall–Kier alpha value is -2.41. The van der Waals surface area contributed by atoms with E-state index in [-0.39, 0.29) is 18.2 Å². The Balaban J connectivity index is 1.51. The molecular formula is C20H19BrF2N2O2. The summed E-state index contributed by atoms with van der Waals surface area (Å²) in [5, 5.41) is 3.93. The molecule has 0 aliphatic rings. The Labute approximate surface area is 164 Å². The number of alkyl halides is 2. The third-order valence-corrected chi connectivity index (χ3v) is 4.73. The highest BCUT2D eigenvalue weighted by Crippen LogP contribution is 2.25. The third-order valence-electron chi connectivity index (χ3n) is 4.24. The maximum absolute atomic E-state index is 12.5. The number of hydrogen-bond donors (Lipinski definition) is 2. The Morgan fingerprint density at radius 1 is 1.19 bits per heavy atom. The lowest BCUT2D eigenvalue weighted by Gasteiger charge is -2.12. The van der Waals surface area contributed by atoms with Crippen molar-refractivity contribution in [1.82, 2.24) is 10.3 Å². The molecule has 0 aliphatic heterocycles. The van der Waals surface area contributed by atoms with E-state index in [4.69, 9.17) is 0 Å². The van der Waals surface area contributed by atoms with Crippen LogP contribution in [0.4, 0.5) is 8.78 Å². The molecule has 1 heterocycles. The summed E-state index contributed by atoms with van der Waals surface area (Å²) < 4.78 is 30.2. The summed E-state index contributed by atoms with van der Waals surface area (Å²) >= 11 is 3.29. The first-order valence-corrected chi connectivity index (χ1v) is 9.37. The maximum Gasteiger partial charge on any atom is 0.387 e. The number of amides is 1. The van der Waals surface area contributed by atoms with Crippen LogP contribution >= 0.6 is 15.9 Å². The van der Waals surface area contributed by atoms with Crippen molar-refractivity contribution in [3.63, 3.8) is 0 Å². The smallest absolute Gasteiger partial charge is 0.387 e. The monoisotopic (exact) mass is 436 g/mol. The Morgan fingerprint density at radius 2 is 2.00 bits per heavy atom. The van der Waals surface area contributed by atoms with Crippen LogP contribution in [0.25, 0.3) is 10.9 Å². The number of aryl methyl sites for hydroxylation is 1. The molecule has 0 spiro atoms. The fourth-order valence-corrected chi connectivity index (χ4v) is 3.37. The second-order valence-corrected chi connectivity index (χ2v) is 7.04. The number of carbonyl (C=O) groups excluding carboxylic acids is 1. The van der Waals surface area contributed by atoms with Crippen molar-refractivity contribution < 1.29 is 18.3 Å². The zero-order valence-corrected chi connectivity index (χ0v) is 16.1. The third kappa shape index (κ3) is 5.29. The molecule has 0 atom stereocenters. The number of para-hydroxylation sites is 1. The average Bonchev–Trinajstić information content (AvgIpc) is 3.05. The second kappa shape index (κ2) is 8.99. The van der Waals surface area contributed by atoms with Crippen molar-refractivity contribution in [3.8, 4) is 5.75 Å². The number of aromatic amines is 1. The van der Waals surface area contributed by atoms with E-state index in [0.717, 1.165) is 16.4 Å². The molecule has 3 rings (SSSR count). The van der Waals surface area contributed by atoms with E-state index in [1.54, 1.807) is 12.1 Å². The van der Waals surface area contributed by atoms with Gasteiger partial charge in [0.05, 0.1) is 0 Å². The topological polar surface area (TPSA) is 54.1 Å². The molecule has 0 radical (unpaired) electrons. The van der Waals surface area contributed by atoms with Gasteiger partial charge in [-0.2, -0.15) is 8.78 Å². The molecule has 0 unspecified atom stereocenters. The van der Waals surface area contributed by atoms with Gasteiger partial charge >= 0.3 is 6.61 Å². The molecule has 4 nitrogen and oxygen atoms in total. The fraction of sp³-hybridized carbons (Fsp3) is 0.250. The van der Waals surface area contributed by atoms with E-state index in [2.05, 4.69) is 37.0 Å². The molecule has 7 heteroatoms. The maximum atomic E-state index is 12.5. The predicted molar refractivity (Wildman–Crippen MR) is 104 cm³/mol. The van der Waals surface area contributed by atoms with Gasteiger partial charge in [0.2, 0.25) is 5.91 Å². The summed E-state index contributed by atoms with van der Waals surface area (Å²) in [6.07, 6.45) is 3.82. The highest BCUT2D eigenvalue weighted by atomic mass is 79.9. The van der Waals surface area contributed by atoms with Crippen LogP contribution in [0.1, 0.15) is 24.0 Å². The minimum absolute atomic E-state index is 0.0623. The molecule has 2 N–H and O–H groups in total. The van der Waals surface area contributed by atoms with Gasteiger partial charge in [0.25, 0.3) is 0 Å². The summed E-state index contributed by atoms with van der Waals surface area (Å²) in [7, 11) is 0. The summed E-state index contributed by atoms with van der Waals surface area (Å²) in [4.78, 5) is 15.3. The molecule has 0 bridgehead atoms. The molecule has 142 valence electrons. The van der Waals surface area contributed by atoms with E-state index in [0.29, 0.717) is 18.4 Å². The molecule has 1 amide bonds. The first kappa shape index (κ1) is 19.4. The number of fused-ring (bicyclic) bond motifs is 1. The zero-order valence-electron chi connectivity index (χ0n) is 14.5. The predicted octanol–water partition coefficient (Wildman–Crippen LogP) is 5.17. The van der Waals surface area contributed by atoms with Crippen LogP contribution < -0.4 is 10.1 Å². The largest absolute Gasteiger partial charge is 0.434 e. The molecule has 0 saturated heterocycles. The highest BCUT2D eigenvalue weighted by molar-refractivity contribution is 9.10. The van der Waals surface area contributed by atoms with Crippen LogP contribution in [0.15, 0.2) is 53.1 Å². The number of nitrogens with one attached hydrogen (secondary N) is 2. The number of carbonyl (C=O) groups is 1.